The van der Waals surface area contributed by atoms with Gasteiger partial charge < -0.3 is 10.6 Å². The molecule has 2 N–H and O–H groups in total. The molecule has 0 aromatic carbocycles. The van der Waals surface area contributed by atoms with Crippen LogP contribution in [0.5, 0.6) is 0 Å². The quantitative estimate of drug-likeness (QED) is 0.855. The molecule has 2 rings (SSSR count). The van der Waals surface area contributed by atoms with Crippen molar-refractivity contribution < 1.29 is 9.00 Å². The van der Waals surface area contributed by atoms with Crippen LogP contribution in [0.4, 0.5) is 5.69 Å². The van der Waals surface area contributed by atoms with Crippen molar-refractivity contribution in [3.8, 4) is 0 Å². The lowest BCUT2D eigenvalue weighted by Gasteiger charge is -2.19. The van der Waals surface area contributed by atoms with Gasteiger partial charge in [-0.05, 0) is 31.9 Å². The largest absolute Gasteiger partial charge is 0.396 e. The number of hydrogen-bond acceptors (Lipinski definition) is 4. The van der Waals surface area contributed by atoms with E-state index >= 15 is 0 Å². The van der Waals surface area contributed by atoms with Crippen molar-refractivity contribution in [3.63, 3.8) is 0 Å². The Morgan fingerprint density at radius 3 is 2.89 bits per heavy atom. The van der Waals surface area contributed by atoms with Crippen LogP contribution in [0, 0.1) is 0 Å². The number of rotatable bonds is 5. The van der Waals surface area contributed by atoms with E-state index in [-0.39, 0.29) is 11.7 Å². The van der Waals surface area contributed by atoms with Gasteiger partial charge in [0.25, 0.3) is 0 Å². The number of nitrogens with zero attached hydrogens (tertiary/aromatic N) is 2. The summed E-state index contributed by atoms with van der Waals surface area (Å²) in [7, 11) is -1.46. The van der Waals surface area contributed by atoms with Crippen LogP contribution in [0.25, 0.3) is 0 Å². The van der Waals surface area contributed by atoms with Gasteiger partial charge in [-0.3, -0.25) is 9.00 Å². The summed E-state index contributed by atoms with van der Waals surface area (Å²) < 4.78 is 12.1. The lowest BCUT2D eigenvalue weighted by molar-refractivity contribution is -0.128. The number of amides is 1. The molecule has 1 unspecified atom stereocenters. The molecule has 1 aromatic heterocycles. The van der Waals surface area contributed by atoms with Crippen LogP contribution in [0.15, 0.2) is 23.4 Å². The fraction of sp³-hybridized carbons (Fsp3) is 0.500. The Kier molecular flexibility index (Phi) is 3.96. The van der Waals surface area contributed by atoms with E-state index in [4.69, 9.17) is 5.73 Å². The standard InChI is InChI=1S/C12H17N3O2S/c1-2-15(9-5-6-9)11(16)8-18(17)12-10(13)4-3-7-14-12/h3-4,7,9H,2,5-6,8,13H2,1H3. The molecule has 0 spiro atoms. The van der Waals surface area contributed by atoms with Gasteiger partial charge in [0.15, 0.2) is 5.03 Å². The number of aromatic nitrogens is 1. The molecule has 98 valence electrons. The highest BCUT2D eigenvalue weighted by Gasteiger charge is 2.32. The van der Waals surface area contributed by atoms with Crippen LogP contribution in [0.2, 0.25) is 0 Å². The van der Waals surface area contributed by atoms with Crippen molar-refractivity contribution in [2.24, 2.45) is 0 Å². The molecule has 1 amide bonds. The fourth-order valence-electron chi connectivity index (χ4n) is 1.88. The van der Waals surface area contributed by atoms with Crippen LogP contribution in [-0.2, 0) is 15.6 Å². The van der Waals surface area contributed by atoms with E-state index in [0.29, 0.717) is 23.3 Å². The van der Waals surface area contributed by atoms with Crippen LogP contribution in [-0.4, -0.2) is 38.3 Å². The molecule has 6 heteroatoms. The van der Waals surface area contributed by atoms with E-state index in [1.807, 2.05) is 6.92 Å². The summed E-state index contributed by atoms with van der Waals surface area (Å²) >= 11 is 0. The minimum Gasteiger partial charge on any atom is -0.396 e. The van der Waals surface area contributed by atoms with E-state index in [2.05, 4.69) is 4.98 Å². The minimum absolute atomic E-state index is 0.0362. The van der Waals surface area contributed by atoms with Gasteiger partial charge in [0.05, 0.1) is 16.5 Å². The van der Waals surface area contributed by atoms with E-state index in [1.54, 1.807) is 17.0 Å². The maximum absolute atomic E-state index is 12.1. The highest BCUT2D eigenvalue weighted by atomic mass is 32.2. The molecule has 18 heavy (non-hydrogen) atoms. The first-order valence-electron chi connectivity index (χ1n) is 6.01. The highest BCUT2D eigenvalue weighted by molar-refractivity contribution is 7.85. The van der Waals surface area contributed by atoms with Gasteiger partial charge in [-0.2, -0.15) is 0 Å². The second-order valence-corrected chi connectivity index (χ2v) is 5.66. The summed E-state index contributed by atoms with van der Waals surface area (Å²) in [5.74, 6) is -0.116. The van der Waals surface area contributed by atoms with Gasteiger partial charge in [0.2, 0.25) is 5.91 Å². The highest BCUT2D eigenvalue weighted by Crippen LogP contribution is 2.26. The Hall–Kier alpha value is -1.43. The minimum atomic E-state index is -1.46. The number of hydrogen-bond donors (Lipinski definition) is 1. The van der Waals surface area contributed by atoms with Crippen LogP contribution in [0.3, 0.4) is 0 Å². The normalized spacial score (nSPS) is 16.3. The topological polar surface area (TPSA) is 76.3 Å². The van der Waals surface area contributed by atoms with Crippen molar-refractivity contribution in [3.05, 3.63) is 18.3 Å². The van der Waals surface area contributed by atoms with Crippen LogP contribution < -0.4 is 5.73 Å². The summed E-state index contributed by atoms with van der Waals surface area (Å²) in [4.78, 5) is 17.8. The SMILES string of the molecule is CCN(C(=O)CS(=O)c1ncccc1N)C1CC1. The monoisotopic (exact) mass is 267 g/mol. The second-order valence-electron chi connectivity index (χ2n) is 4.30. The molecule has 0 aliphatic heterocycles. The molecule has 1 aliphatic carbocycles. The number of nitrogen functional groups attached to an aromatic ring is 1. The zero-order chi connectivity index (χ0) is 13.1. The summed E-state index contributed by atoms with van der Waals surface area (Å²) in [5.41, 5.74) is 6.07. The maximum atomic E-state index is 12.1. The lowest BCUT2D eigenvalue weighted by atomic mass is 10.4. The molecule has 0 radical (unpaired) electrons. The van der Waals surface area contributed by atoms with Gasteiger partial charge in [0, 0.05) is 18.8 Å². The van der Waals surface area contributed by atoms with Gasteiger partial charge >= 0.3 is 0 Å². The molecular formula is C12H17N3O2S. The smallest absolute Gasteiger partial charge is 0.235 e. The van der Waals surface area contributed by atoms with E-state index in [9.17, 15) is 9.00 Å². The summed E-state index contributed by atoms with van der Waals surface area (Å²) in [5, 5.41) is 0.303. The third kappa shape index (κ3) is 2.87. The second kappa shape index (κ2) is 5.48. The predicted octanol–water partition coefficient (Wildman–Crippen LogP) is 0.782. The van der Waals surface area contributed by atoms with E-state index in [1.165, 1.54) is 6.20 Å². The molecular weight excluding hydrogens is 250 g/mol. The van der Waals surface area contributed by atoms with Gasteiger partial charge in [-0.1, -0.05) is 0 Å². The molecule has 1 aromatic rings. The molecule has 0 saturated heterocycles. The first kappa shape index (κ1) is 13.0. The number of carbonyl (C=O) groups excluding carboxylic acids is 1. The molecule has 1 heterocycles. The molecule has 0 bridgehead atoms. The molecule has 1 atom stereocenters. The van der Waals surface area contributed by atoms with Crippen molar-refractivity contribution in [2.45, 2.75) is 30.8 Å². The third-order valence-electron chi connectivity index (χ3n) is 2.92. The summed E-state index contributed by atoms with van der Waals surface area (Å²) in [6, 6.07) is 3.67. The van der Waals surface area contributed by atoms with Crippen molar-refractivity contribution in [2.75, 3.05) is 18.0 Å². The summed E-state index contributed by atoms with van der Waals surface area (Å²) in [6.07, 6.45) is 3.64. The van der Waals surface area contributed by atoms with Crippen LogP contribution in [0.1, 0.15) is 19.8 Å². The Labute approximate surface area is 109 Å². The predicted molar refractivity (Wildman–Crippen MR) is 70.3 cm³/mol. The van der Waals surface area contributed by atoms with Gasteiger partial charge in [0.1, 0.15) is 5.75 Å². The zero-order valence-corrected chi connectivity index (χ0v) is 11.2. The Morgan fingerprint density at radius 2 is 2.33 bits per heavy atom. The number of carbonyl (C=O) groups is 1. The third-order valence-corrected chi connectivity index (χ3v) is 4.20. The van der Waals surface area contributed by atoms with Crippen molar-refractivity contribution in [1.29, 1.82) is 0 Å². The number of pyridine rings is 1. The summed E-state index contributed by atoms with van der Waals surface area (Å²) in [6.45, 7) is 2.60. The van der Waals surface area contributed by atoms with Gasteiger partial charge in [-0.15, -0.1) is 0 Å². The molecule has 1 saturated carbocycles. The Bertz CT molecular complexity index is 474. The average Bonchev–Trinajstić information content (AvgIpc) is 3.15. The fourth-order valence-corrected chi connectivity index (χ4v) is 2.92. The van der Waals surface area contributed by atoms with Crippen LogP contribution >= 0.6 is 0 Å². The Balaban J connectivity index is 2.03. The molecule has 5 nitrogen and oxygen atoms in total. The van der Waals surface area contributed by atoms with Gasteiger partial charge in [-0.25, -0.2) is 4.98 Å². The number of anilines is 1. The molecule has 1 aliphatic rings. The van der Waals surface area contributed by atoms with E-state index < -0.39 is 10.8 Å². The average molecular weight is 267 g/mol. The first-order valence-corrected chi connectivity index (χ1v) is 7.33. The van der Waals surface area contributed by atoms with Crippen molar-refractivity contribution >= 4 is 22.4 Å². The first-order chi connectivity index (χ1) is 8.63. The zero-order valence-electron chi connectivity index (χ0n) is 10.3. The van der Waals surface area contributed by atoms with E-state index in [0.717, 1.165) is 12.8 Å². The maximum Gasteiger partial charge on any atom is 0.235 e. The Morgan fingerprint density at radius 1 is 1.61 bits per heavy atom. The lowest BCUT2D eigenvalue weighted by Crippen LogP contribution is -2.36. The number of nitrogens with two attached hydrogens (primary N) is 1. The van der Waals surface area contributed by atoms with Crippen molar-refractivity contribution in [1.82, 2.24) is 9.88 Å². The molecule has 1 fully saturated rings.